The van der Waals surface area contributed by atoms with Crippen molar-refractivity contribution in [3.63, 3.8) is 0 Å². The largest absolute Gasteiger partial charge is 0.355 e. The van der Waals surface area contributed by atoms with E-state index in [1.165, 1.54) is 0 Å². The van der Waals surface area contributed by atoms with Crippen molar-refractivity contribution >= 4 is 36.6 Å². The van der Waals surface area contributed by atoms with E-state index in [0.717, 1.165) is 45.7 Å². The molecule has 0 aromatic rings. The molecule has 6 nitrogen and oxygen atoms in total. The second-order valence-corrected chi connectivity index (χ2v) is 5.67. The summed E-state index contributed by atoms with van der Waals surface area (Å²) in [7, 11) is 0. The van der Waals surface area contributed by atoms with Gasteiger partial charge in [0.2, 0.25) is 11.8 Å². The first kappa shape index (κ1) is 21.4. The van der Waals surface area contributed by atoms with Crippen LogP contribution in [0.5, 0.6) is 0 Å². The van der Waals surface area contributed by atoms with E-state index in [2.05, 4.69) is 15.5 Å². The molecule has 0 aromatic carbocycles. The first-order chi connectivity index (χ1) is 9.69. The first-order valence-electron chi connectivity index (χ1n) is 7.66. The molecule has 2 saturated heterocycles. The molecule has 130 valence electrons. The lowest BCUT2D eigenvalue weighted by Gasteiger charge is -2.34. The Kier molecular flexibility index (Phi) is 10.8. The Morgan fingerprint density at radius 2 is 1.86 bits per heavy atom. The van der Waals surface area contributed by atoms with Gasteiger partial charge in [-0.15, -0.1) is 24.8 Å². The van der Waals surface area contributed by atoms with Crippen molar-refractivity contribution in [2.24, 2.45) is 5.92 Å². The highest BCUT2D eigenvalue weighted by atomic mass is 35.5. The third-order valence-corrected chi connectivity index (χ3v) is 4.09. The Balaban J connectivity index is 0.00000220. The molecule has 1 atom stereocenters. The molecular formula is C14H28Cl2N4O2. The fourth-order valence-corrected chi connectivity index (χ4v) is 2.88. The van der Waals surface area contributed by atoms with Crippen LogP contribution in [0.15, 0.2) is 0 Å². The van der Waals surface area contributed by atoms with Crippen LogP contribution in [0.1, 0.15) is 19.8 Å². The van der Waals surface area contributed by atoms with E-state index in [9.17, 15) is 9.59 Å². The molecule has 22 heavy (non-hydrogen) atoms. The van der Waals surface area contributed by atoms with Gasteiger partial charge < -0.3 is 15.5 Å². The quantitative estimate of drug-likeness (QED) is 0.735. The fraction of sp³-hybridized carbons (Fsp3) is 0.857. The van der Waals surface area contributed by atoms with Crippen LogP contribution in [0.4, 0.5) is 0 Å². The van der Waals surface area contributed by atoms with E-state index in [0.29, 0.717) is 25.4 Å². The van der Waals surface area contributed by atoms with Gasteiger partial charge >= 0.3 is 0 Å². The zero-order valence-corrected chi connectivity index (χ0v) is 14.8. The number of piperazine rings is 1. The summed E-state index contributed by atoms with van der Waals surface area (Å²) in [6, 6.07) is 0. The van der Waals surface area contributed by atoms with E-state index < -0.39 is 0 Å². The predicted octanol–water partition coefficient (Wildman–Crippen LogP) is 0.110. The summed E-state index contributed by atoms with van der Waals surface area (Å²) >= 11 is 0. The number of hydrogen-bond donors (Lipinski definition) is 2. The highest BCUT2D eigenvalue weighted by Crippen LogP contribution is 2.14. The number of halogens is 2. The van der Waals surface area contributed by atoms with Gasteiger partial charge in [0.15, 0.2) is 0 Å². The molecule has 0 saturated carbocycles. The summed E-state index contributed by atoms with van der Waals surface area (Å²) in [6.45, 7) is 8.15. The lowest BCUT2D eigenvalue weighted by Crippen LogP contribution is -2.51. The Hall–Kier alpha value is -0.560. The van der Waals surface area contributed by atoms with Gasteiger partial charge in [0, 0.05) is 39.1 Å². The number of nitrogens with zero attached hydrogens (tertiary/aromatic N) is 2. The molecule has 2 fully saturated rings. The SMILES string of the molecule is CCNC(=O)CN1CCN(C(=O)CC2CCNC2)CC1.Cl.Cl. The molecule has 0 spiro atoms. The minimum atomic E-state index is 0. The third kappa shape index (κ3) is 6.69. The molecule has 2 rings (SSSR count). The molecular weight excluding hydrogens is 327 g/mol. The van der Waals surface area contributed by atoms with Crippen LogP contribution in [0.3, 0.4) is 0 Å². The van der Waals surface area contributed by atoms with Crippen LogP contribution in [-0.4, -0.2) is 74.0 Å². The van der Waals surface area contributed by atoms with Crippen LogP contribution >= 0.6 is 24.8 Å². The van der Waals surface area contributed by atoms with Crippen molar-refractivity contribution < 1.29 is 9.59 Å². The smallest absolute Gasteiger partial charge is 0.234 e. The van der Waals surface area contributed by atoms with Gasteiger partial charge in [-0.2, -0.15) is 0 Å². The molecule has 0 aromatic heterocycles. The van der Waals surface area contributed by atoms with E-state index >= 15 is 0 Å². The number of amides is 2. The monoisotopic (exact) mass is 354 g/mol. The Morgan fingerprint density at radius 1 is 1.18 bits per heavy atom. The van der Waals surface area contributed by atoms with E-state index in [1.54, 1.807) is 0 Å². The minimum Gasteiger partial charge on any atom is -0.355 e. The van der Waals surface area contributed by atoms with Crippen LogP contribution in [0.25, 0.3) is 0 Å². The van der Waals surface area contributed by atoms with Crippen LogP contribution in [0, 0.1) is 5.92 Å². The summed E-state index contributed by atoms with van der Waals surface area (Å²) in [5.41, 5.74) is 0. The standard InChI is InChI=1S/C14H26N4O2.2ClH/c1-2-16-13(19)11-17-5-7-18(8-6-17)14(20)9-12-3-4-15-10-12;;/h12,15H,2-11H2,1H3,(H,16,19);2*1H. The Labute approximate surface area is 145 Å². The van der Waals surface area contributed by atoms with Gasteiger partial charge in [0.1, 0.15) is 0 Å². The lowest BCUT2D eigenvalue weighted by molar-refractivity contribution is -0.134. The molecule has 2 heterocycles. The maximum atomic E-state index is 12.2. The fourth-order valence-electron chi connectivity index (χ4n) is 2.88. The number of hydrogen-bond acceptors (Lipinski definition) is 4. The molecule has 0 bridgehead atoms. The molecule has 2 aliphatic heterocycles. The number of carbonyl (C=O) groups excluding carboxylic acids is 2. The molecule has 1 unspecified atom stereocenters. The van der Waals surface area contributed by atoms with Crippen molar-refractivity contribution in [1.82, 2.24) is 20.4 Å². The lowest BCUT2D eigenvalue weighted by atomic mass is 10.0. The molecule has 2 N–H and O–H groups in total. The van der Waals surface area contributed by atoms with Crippen LogP contribution < -0.4 is 10.6 Å². The molecule has 2 amide bonds. The average molecular weight is 355 g/mol. The normalized spacial score (nSPS) is 21.7. The summed E-state index contributed by atoms with van der Waals surface area (Å²) in [5.74, 6) is 0.858. The van der Waals surface area contributed by atoms with Crippen LogP contribution in [-0.2, 0) is 9.59 Å². The van der Waals surface area contributed by atoms with Gasteiger partial charge in [0.25, 0.3) is 0 Å². The second-order valence-electron chi connectivity index (χ2n) is 5.67. The van der Waals surface area contributed by atoms with Gasteiger partial charge in [-0.3, -0.25) is 14.5 Å². The predicted molar refractivity (Wildman–Crippen MR) is 91.8 cm³/mol. The minimum absolute atomic E-state index is 0. The van der Waals surface area contributed by atoms with E-state index in [1.807, 2.05) is 11.8 Å². The first-order valence-corrected chi connectivity index (χ1v) is 7.66. The zero-order chi connectivity index (χ0) is 14.4. The van der Waals surface area contributed by atoms with Gasteiger partial charge in [-0.25, -0.2) is 0 Å². The molecule has 2 aliphatic rings. The highest BCUT2D eigenvalue weighted by Gasteiger charge is 2.25. The number of rotatable bonds is 5. The Bertz CT molecular complexity index is 344. The van der Waals surface area contributed by atoms with Gasteiger partial charge in [-0.1, -0.05) is 0 Å². The molecule has 8 heteroatoms. The average Bonchev–Trinajstić information content (AvgIpc) is 2.92. The number of nitrogens with one attached hydrogen (secondary N) is 2. The summed E-state index contributed by atoms with van der Waals surface area (Å²) in [5, 5.41) is 6.10. The Morgan fingerprint density at radius 3 is 2.41 bits per heavy atom. The van der Waals surface area contributed by atoms with Crippen molar-refractivity contribution in [3.8, 4) is 0 Å². The van der Waals surface area contributed by atoms with Crippen molar-refractivity contribution in [2.45, 2.75) is 19.8 Å². The van der Waals surface area contributed by atoms with Crippen LogP contribution in [0.2, 0.25) is 0 Å². The van der Waals surface area contributed by atoms with E-state index in [4.69, 9.17) is 0 Å². The topological polar surface area (TPSA) is 64.7 Å². The van der Waals surface area contributed by atoms with Gasteiger partial charge in [0.05, 0.1) is 6.54 Å². The summed E-state index contributed by atoms with van der Waals surface area (Å²) in [6.07, 6.45) is 1.78. The molecule has 0 radical (unpaired) electrons. The highest BCUT2D eigenvalue weighted by molar-refractivity contribution is 5.85. The van der Waals surface area contributed by atoms with E-state index in [-0.39, 0.29) is 36.6 Å². The van der Waals surface area contributed by atoms with Gasteiger partial charge in [-0.05, 0) is 32.4 Å². The third-order valence-electron chi connectivity index (χ3n) is 4.09. The van der Waals surface area contributed by atoms with Crippen molar-refractivity contribution in [1.29, 1.82) is 0 Å². The molecule has 0 aliphatic carbocycles. The maximum absolute atomic E-state index is 12.2. The van der Waals surface area contributed by atoms with Crippen molar-refractivity contribution in [3.05, 3.63) is 0 Å². The number of likely N-dealkylation sites (N-methyl/N-ethyl adjacent to an activating group) is 1. The second kappa shape index (κ2) is 11.0. The zero-order valence-electron chi connectivity index (χ0n) is 13.2. The summed E-state index contributed by atoms with van der Waals surface area (Å²) < 4.78 is 0. The van der Waals surface area contributed by atoms with Crippen molar-refractivity contribution in [2.75, 3.05) is 52.4 Å². The summed E-state index contributed by atoms with van der Waals surface area (Å²) in [4.78, 5) is 27.8. The maximum Gasteiger partial charge on any atom is 0.234 e. The number of carbonyl (C=O) groups is 2.